The molecule has 5 heteroatoms. The molecule has 2 atom stereocenters. The number of ether oxygens (including phenoxy) is 1. The van der Waals surface area contributed by atoms with Crippen molar-refractivity contribution in [3.63, 3.8) is 0 Å². The summed E-state index contributed by atoms with van der Waals surface area (Å²) in [6.45, 7) is 7.47. The standard InChI is InChI=1S/C17H25N3O2/c1-17(2,3)22-16(21)20-14-9-13(14)19-10-12-6-4-5-11-7-8-18-15(11)12/h4-6,13-14,18-19H,7-10H2,1-3H3,(H,20,21). The first kappa shape index (κ1) is 15.2. The lowest BCUT2D eigenvalue weighted by Gasteiger charge is -2.19. The molecule has 120 valence electrons. The fourth-order valence-corrected chi connectivity index (χ4v) is 2.84. The quantitative estimate of drug-likeness (QED) is 0.799. The van der Waals surface area contributed by atoms with Gasteiger partial charge in [-0.15, -0.1) is 0 Å². The van der Waals surface area contributed by atoms with Crippen LogP contribution in [0.2, 0.25) is 0 Å². The van der Waals surface area contributed by atoms with Gasteiger partial charge in [0.15, 0.2) is 0 Å². The van der Waals surface area contributed by atoms with Crippen molar-refractivity contribution in [2.75, 3.05) is 11.9 Å². The van der Waals surface area contributed by atoms with E-state index in [1.165, 1.54) is 16.8 Å². The van der Waals surface area contributed by atoms with E-state index >= 15 is 0 Å². The van der Waals surface area contributed by atoms with Crippen molar-refractivity contribution in [3.05, 3.63) is 29.3 Å². The number of hydrogen-bond acceptors (Lipinski definition) is 4. The molecule has 1 aromatic rings. The lowest BCUT2D eigenvalue weighted by atomic mass is 10.1. The number of amides is 1. The Bertz CT molecular complexity index is 566. The van der Waals surface area contributed by atoms with Crippen LogP contribution in [0.5, 0.6) is 0 Å². The summed E-state index contributed by atoms with van der Waals surface area (Å²) in [6, 6.07) is 6.97. The summed E-state index contributed by atoms with van der Waals surface area (Å²) in [5, 5.41) is 9.87. The highest BCUT2D eigenvalue weighted by molar-refractivity contribution is 5.68. The Balaban J connectivity index is 1.45. The Hall–Kier alpha value is -1.75. The van der Waals surface area contributed by atoms with Crippen LogP contribution in [0.4, 0.5) is 10.5 Å². The molecule has 1 aliphatic carbocycles. The number of alkyl carbamates (subject to hydrolysis) is 1. The number of carbonyl (C=O) groups excluding carboxylic acids is 1. The zero-order chi connectivity index (χ0) is 15.7. The largest absolute Gasteiger partial charge is 0.444 e. The van der Waals surface area contributed by atoms with Gasteiger partial charge in [0.05, 0.1) is 0 Å². The van der Waals surface area contributed by atoms with Gasteiger partial charge >= 0.3 is 6.09 Å². The molecule has 5 nitrogen and oxygen atoms in total. The summed E-state index contributed by atoms with van der Waals surface area (Å²) < 4.78 is 5.27. The van der Waals surface area contributed by atoms with E-state index in [0.29, 0.717) is 6.04 Å². The van der Waals surface area contributed by atoms with Crippen molar-refractivity contribution >= 4 is 11.8 Å². The number of carbonyl (C=O) groups is 1. The molecule has 0 bridgehead atoms. The van der Waals surface area contributed by atoms with Gasteiger partial charge in [0, 0.05) is 30.9 Å². The molecule has 1 fully saturated rings. The molecule has 1 aliphatic heterocycles. The Morgan fingerprint density at radius 3 is 2.95 bits per heavy atom. The predicted molar refractivity (Wildman–Crippen MR) is 87.0 cm³/mol. The third-order valence-corrected chi connectivity index (χ3v) is 3.98. The van der Waals surface area contributed by atoms with Gasteiger partial charge in [-0.25, -0.2) is 4.79 Å². The van der Waals surface area contributed by atoms with Gasteiger partial charge in [-0.3, -0.25) is 0 Å². The summed E-state index contributed by atoms with van der Waals surface area (Å²) in [7, 11) is 0. The monoisotopic (exact) mass is 303 g/mol. The molecule has 1 heterocycles. The lowest BCUT2D eigenvalue weighted by Crippen LogP contribution is -2.36. The van der Waals surface area contributed by atoms with Crippen LogP contribution >= 0.6 is 0 Å². The van der Waals surface area contributed by atoms with Crippen LogP contribution in [-0.2, 0) is 17.7 Å². The molecule has 1 amide bonds. The van der Waals surface area contributed by atoms with E-state index in [4.69, 9.17) is 4.74 Å². The number of benzene rings is 1. The van der Waals surface area contributed by atoms with Crippen LogP contribution in [0, 0.1) is 0 Å². The fourth-order valence-electron chi connectivity index (χ4n) is 2.84. The normalized spacial score (nSPS) is 22.7. The first-order valence-electron chi connectivity index (χ1n) is 8.00. The van der Waals surface area contributed by atoms with Gasteiger partial charge in [0.1, 0.15) is 5.60 Å². The molecule has 0 saturated heterocycles. The minimum absolute atomic E-state index is 0.180. The molecular weight excluding hydrogens is 278 g/mol. The average molecular weight is 303 g/mol. The number of hydrogen-bond donors (Lipinski definition) is 3. The molecule has 3 rings (SSSR count). The molecule has 3 N–H and O–H groups in total. The van der Waals surface area contributed by atoms with Crippen LogP contribution in [0.15, 0.2) is 18.2 Å². The zero-order valence-corrected chi connectivity index (χ0v) is 13.5. The van der Waals surface area contributed by atoms with Gasteiger partial charge in [-0.2, -0.15) is 0 Å². The second-order valence-corrected chi connectivity index (χ2v) is 7.10. The minimum Gasteiger partial charge on any atom is -0.444 e. The highest BCUT2D eigenvalue weighted by atomic mass is 16.6. The Labute approximate surface area is 131 Å². The number of anilines is 1. The number of rotatable bonds is 4. The van der Waals surface area contributed by atoms with E-state index in [0.717, 1.165) is 25.9 Å². The maximum absolute atomic E-state index is 11.7. The number of nitrogens with one attached hydrogen (secondary N) is 3. The van der Waals surface area contributed by atoms with Crippen LogP contribution < -0.4 is 16.0 Å². The molecular formula is C17H25N3O2. The summed E-state index contributed by atoms with van der Waals surface area (Å²) in [5.74, 6) is 0. The van der Waals surface area contributed by atoms with E-state index < -0.39 is 5.60 Å². The van der Waals surface area contributed by atoms with E-state index in [9.17, 15) is 4.79 Å². The molecule has 2 unspecified atom stereocenters. The first-order chi connectivity index (χ1) is 10.4. The average Bonchev–Trinajstić information content (AvgIpc) is 2.96. The molecule has 1 aromatic carbocycles. The van der Waals surface area contributed by atoms with Crippen molar-refractivity contribution in [2.45, 2.75) is 57.8 Å². The van der Waals surface area contributed by atoms with Gasteiger partial charge in [0.2, 0.25) is 0 Å². The smallest absolute Gasteiger partial charge is 0.407 e. The summed E-state index contributed by atoms with van der Waals surface area (Å²) in [5.41, 5.74) is 3.54. The van der Waals surface area contributed by atoms with Crippen LogP contribution in [0.25, 0.3) is 0 Å². The molecule has 1 saturated carbocycles. The maximum Gasteiger partial charge on any atom is 0.407 e. The molecule has 0 spiro atoms. The Kier molecular flexibility index (Phi) is 4.00. The summed E-state index contributed by atoms with van der Waals surface area (Å²) >= 11 is 0. The molecule has 0 aromatic heterocycles. The predicted octanol–water partition coefficient (Wildman–Crippen LogP) is 2.41. The summed E-state index contributed by atoms with van der Waals surface area (Å²) in [4.78, 5) is 11.7. The van der Waals surface area contributed by atoms with Crippen molar-refractivity contribution in [1.82, 2.24) is 10.6 Å². The van der Waals surface area contributed by atoms with Gasteiger partial charge < -0.3 is 20.7 Å². The number of fused-ring (bicyclic) bond motifs is 1. The van der Waals surface area contributed by atoms with Crippen LogP contribution in [0.1, 0.15) is 38.3 Å². The third-order valence-electron chi connectivity index (χ3n) is 3.98. The minimum atomic E-state index is -0.446. The third kappa shape index (κ3) is 3.71. The zero-order valence-electron chi connectivity index (χ0n) is 13.5. The van der Waals surface area contributed by atoms with Gasteiger partial charge in [-0.1, -0.05) is 18.2 Å². The highest BCUT2D eigenvalue weighted by Gasteiger charge is 2.39. The van der Waals surface area contributed by atoms with Crippen LogP contribution in [0.3, 0.4) is 0 Å². The van der Waals surface area contributed by atoms with Crippen molar-refractivity contribution in [1.29, 1.82) is 0 Å². The van der Waals surface area contributed by atoms with Crippen LogP contribution in [-0.4, -0.2) is 30.3 Å². The van der Waals surface area contributed by atoms with E-state index in [-0.39, 0.29) is 12.1 Å². The molecule has 2 aliphatic rings. The molecule has 22 heavy (non-hydrogen) atoms. The van der Waals surface area contributed by atoms with Gasteiger partial charge in [-0.05, 0) is 44.7 Å². The second-order valence-electron chi connectivity index (χ2n) is 7.10. The molecule has 0 radical (unpaired) electrons. The van der Waals surface area contributed by atoms with Crippen molar-refractivity contribution in [3.8, 4) is 0 Å². The highest BCUT2D eigenvalue weighted by Crippen LogP contribution is 2.28. The summed E-state index contributed by atoms with van der Waals surface area (Å²) in [6.07, 6.45) is 1.74. The Morgan fingerprint density at radius 2 is 2.18 bits per heavy atom. The maximum atomic E-state index is 11.7. The lowest BCUT2D eigenvalue weighted by molar-refractivity contribution is 0.0522. The fraction of sp³-hybridized carbons (Fsp3) is 0.588. The second kappa shape index (κ2) is 5.80. The SMILES string of the molecule is CC(C)(C)OC(=O)NC1CC1NCc1cccc2c1NCC2. The first-order valence-corrected chi connectivity index (χ1v) is 8.00. The van der Waals surface area contributed by atoms with Gasteiger partial charge in [0.25, 0.3) is 0 Å². The van der Waals surface area contributed by atoms with E-state index in [1.54, 1.807) is 0 Å². The van der Waals surface area contributed by atoms with E-state index in [2.05, 4.69) is 34.1 Å². The number of para-hydroxylation sites is 1. The van der Waals surface area contributed by atoms with Crippen molar-refractivity contribution < 1.29 is 9.53 Å². The van der Waals surface area contributed by atoms with Crippen molar-refractivity contribution in [2.24, 2.45) is 0 Å². The van der Waals surface area contributed by atoms with E-state index in [1.807, 2.05) is 20.8 Å². The Morgan fingerprint density at radius 1 is 1.36 bits per heavy atom. The topological polar surface area (TPSA) is 62.4 Å².